The summed E-state index contributed by atoms with van der Waals surface area (Å²) in [7, 11) is 0. The Labute approximate surface area is 230 Å². The van der Waals surface area contributed by atoms with Gasteiger partial charge >= 0.3 is 18.1 Å². The number of hydrogen-bond donors (Lipinski definition) is 2. The number of alkyl halides is 3. The van der Waals surface area contributed by atoms with Gasteiger partial charge in [0.15, 0.2) is 5.78 Å². The monoisotopic (exact) mass is 562 g/mol. The molecule has 0 aromatic heterocycles. The lowest BCUT2D eigenvalue weighted by Gasteiger charge is -2.30. The van der Waals surface area contributed by atoms with Crippen LogP contribution in [0.1, 0.15) is 91.4 Å². The minimum absolute atomic E-state index is 0.0308. The number of carbonyl (C=O) groups excluding carboxylic acids is 2. The first kappa shape index (κ1) is 30.6. The van der Waals surface area contributed by atoms with Crippen molar-refractivity contribution in [3.05, 3.63) is 57.6 Å². The highest BCUT2D eigenvalue weighted by Gasteiger charge is 2.43. The van der Waals surface area contributed by atoms with E-state index in [2.05, 4.69) is 0 Å². The van der Waals surface area contributed by atoms with Gasteiger partial charge in [0.2, 0.25) is 0 Å². The van der Waals surface area contributed by atoms with Gasteiger partial charge in [0.1, 0.15) is 22.9 Å². The number of amidine groups is 1. The van der Waals surface area contributed by atoms with Crippen molar-refractivity contribution >= 4 is 23.6 Å². The van der Waals surface area contributed by atoms with Crippen molar-refractivity contribution in [1.29, 1.82) is 5.41 Å². The summed E-state index contributed by atoms with van der Waals surface area (Å²) >= 11 is 0. The number of carboxylic acid groups (broad SMARTS) is 1. The number of aromatic carboxylic acids is 1. The van der Waals surface area contributed by atoms with Crippen molar-refractivity contribution in [2.24, 2.45) is 0 Å². The molecule has 0 saturated carbocycles. The first-order valence-electron chi connectivity index (χ1n) is 12.6. The molecule has 1 aliphatic rings. The Morgan fingerprint density at radius 1 is 0.975 bits per heavy atom. The summed E-state index contributed by atoms with van der Waals surface area (Å²) in [5.74, 6) is -4.06. The zero-order valence-electron chi connectivity index (χ0n) is 23.5. The first-order chi connectivity index (χ1) is 18.3. The molecule has 8 nitrogen and oxygen atoms in total. The van der Waals surface area contributed by atoms with Gasteiger partial charge in [0.05, 0.1) is 13.2 Å². The van der Waals surface area contributed by atoms with Gasteiger partial charge in [0.25, 0.3) is 0 Å². The van der Waals surface area contributed by atoms with Crippen LogP contribution in [0.25, 0.3) is 0 Å². The predicted octanol–water partition coefficient (Wildman–Crippen LogP) is 5.87. The van der Waals surface area contributed by atoms with E-state index in [-0.39, 0.29) is 59.3 Å². The zero-order chi connectivity index (χ0) is 30.4. The highest BCUT2D eigenvalue weighted by Crippen LogP contribution is 2.42. The van der Waals surface area contributed by atoms with Crippen molar-refractivity contribution in [2.45, 2.75) is 72.0 Å². The SMILES string of the molecule is CCOc1cc2c(cc1C(=O)O)C(=N)N(CC(=O)c1cc(C(C)(C)C)c(OC(=O)C(F)(F)F)c(C(C)(C)C)c1)C2. The largest absolute Gasteiger partial charge is 0.493 e. The molecule has 1 aliphatic heterocycles. The van der Waals surface area contributed by atoms with Crippen molar-refractivity contribution in [2.75, 3.05) is 13.2 Å². The number of benzene rings is 2. The Morgan fingerprint density at radius 2 is 1.52 bits per heavy atom. The van der Waals surface area contributed by atoms with Crippen LogP contribution in [0, 0.1) is 5.41 Å². The number of rotatable bonds is 7. The van der Waals surface area contributed by atoms with Gasteiger partial charge < -0.3 is 19.5 Å². The molecule has 40 heavy (non-hydrogen) atoms. The molecule has 0 saturated heterocycles. The van der Waals surface area contributed by atoms with Crippen molar-refractivity contribution in [1.82, 2.24) is 4.90 Å². The molecule has 2 aromatic carbocycles. The Kier molecular flexibility index (Phi) is 8.11. The maximum atomic E-state index is 13.5. The summed E-state index contributed by atoms with van der Waals surface area (Å²) in [6, 6.07) is 5.77. The lowest BCUT2D eigenvalue weighted by Crippen LogP contribution is -2.32. The van der Waals surface area contributed by atoms with E-state index in [4.69, 9.17) is 14.9 Å². The number of carbonyl (C=O) groups is 3. The Bertz CT molecular complexity index is 1350. The lowest BCUT2D eigenvalue weighted by atomic mass is 9.78. The summed E-state index contributed by atoms with van der Waals surface area (Å²) < 4.78 is 49.7. The van der Waals surface area contributed by atoms with Crippen LogP contribution in [-0.2, 0) is 22.2 Å². The van der Waals surface area contributed by atoms with Crippen LogP contribution in [0.15, 0.2) is 24.3 Å². The van der Waals surface area contributed by atoms with Crippen molar-refractivity contribution < 1.29 is 42.1 Å². The van der Waals surface area contributed by atoms with Crippen LogP contribution in [0.2, 0.25) is 0 Å². The number of hydrogen-bond acceptors (Lipinski definition) is 6. The quantitative estimate of drug-likeness (QED) is 0.246. The minimum atomic E-state index is -5.20. The Hall–Kier alpha value is -3.89. The fourth-order valence-electron chi connectivity index (χ4n) is 4.43. The van der Waals surface area contributed by atoms with Crippen LogP contribution in [0.3, 0.4) is 0 Å². The van der Waals surface area contributed by atoms with E-state index < -0.39 is 34.7 Å². The Balaban J connectivity index is 2.03. The third-order valence-corrected chi connectivity index (χ3v) is 6.46. The fraction of sp³-hybridized carbons (Fsp3) is 0.448. The second-order valence-electron chi connectivity index (χ2n) is 11.7. The van der Waals surface area contributed by atoms with Crippen LogP contribution in [-0.4, -0.2) is 52.9 Å². The van der Waals surface area contributed by atoms with E-state index in [0.717, 1.165) is 0 Å². The second kappa shape index (κ2) is 10.6. The van der Waals surface area contributed by atoms with Gasteiger partial charge in [-0.05, 0) is 47.6 Å². The highest BCUT2D eigenvalue weighted by molar-refractivity contribution is 6.07. The van der Waals surface area contributed by atoms with Crippen LogP contribution in [0.5, 0.6) is 11.5 Å². The fourth-order valence-corrected chi connectivity index (χ4v) is 4.43. The maximum Gasteiger partial charge on any atom is 0.491 e. The molecule has 0 bridgehead atoms. The first-order valence-corrected chi connectivity index (χ1v) is 12.6. The predicted molar refractivity (Wildman–Crippen MR) is 142 cm³/mol. The summed E-state index contributed by atoms with van der Waals surface area (Å²) in [6.07, 6.45) is -5.20. The average molecular weight is 563 g/mol. The molecule has 2 N–H and O–H groups in total. The lowest BCUT2D eigenvalue weighted by molar-refractivity contribution is -0.189. The van der Waals surface area contributed by atoms with E-state index in [1.54, 1.807) is 54.5 Å². The number of esters is 1. The van der Waals surface area contributed by atoms with Gasteiger partial charge in [-0.1, -0.05) is 41.5 Å². The number of Topliss-reactive ketones (excluding diaryl/α,β-unsaturated/α-hetero) is 1. The molecule has 0 fully saturated rings. The number of nitrogens with one attached hydrogen (secondary N) is 1. The minimum Gasteiger partial charge on any atom is -0.493 e. The van der Waals surface area contributed by atoms with E-state index >= 15 is 0 Å². The molecule has 0 radical (unpaired) electrons. The van der Waals surface area contributed by atoms with Gasteiger partial charge in [0, 0.05) is 28.8 Å². The van der Waals surface area contributed by atoms with Crippen LogP contribution in [0.4, 0.5) is 13.2 Å². The van der Waals surface area contributed by atoms with E-state index in [9.17, 15) is 32.7 Å². The topological polar surface area (TPSA) is 117 Å². The Morgan fingerprint density at radius 3 is 1.98 bits per heavy atom. The maximum absolute atomic E-state index is 13.5. The highest BCUT2D eigenvalue weighted by atomic mass is 19.4. The van der Waals surface area contributed by atoms with Crippen LogP contribution < -0.4 is 9.47 Å². The summed E-state index contributed by atoms with van der Waals surface area (Å²) in [4.78, 5) is 38.6. The van der Waals surface area contributed by atoms with Crippen molar-refractivity contribution in [3.8, 4) is 11.5 Å². The molecular formula is C29H33F3N2O6. The number of carboxylic acids is 1. The van der Waals surface area contributed by atoms with E-state index in [1.165, 1.54) is 23.1 Å². The molecule has 0 spiro atoms. The number of ketones is 1. The number of fused-ring (bicyclic) bond motifs is 1. The molecular weight excluding hydrogens is 529 g/mol. The molecule has 0 amide bonds. The third kappa shape index (κ3) is 6.29. The molecule has 11 heteroatoms. The molecule has 0 aliphatic carbocycles. The molecule has 1 heterocycles. The van der Waals surface area contributed by atoms with Crippen molar-refractivity contribution in [3.63, 3.8) is 0 Å². The third-order valence-electron chi connectivity index (χ3n) is 6.46. The molecule has 216 valence electrons. The number of ether oxygens (including phenoxy) is 2. The molecule has 2 aromatic rings. The average Bonchev–Trinajstić information content (AvgIpc) is 3.10. The number of nitrogens with zero attached hydrogens (tertiary/aromatic N) is 1. The van der Waals surface area contributed by atoms with Gasteiger partial charge in [-0.15, -0.1) is 0 Å². The van der Waals surface area contributed by atoms with Gasteiger partial charge in [-0.3, -0.25) is 10.2 Å². The number of halogens is 3. The smallest absolute Gasteiger partial charge is 0.491 e. The van der Waals surface area contributed by atoms with Crippen LogP contribution >= 0.6 is 0 Å². The van der Waals surface area contributed by atoms with Gasteiger partial charge in [-0.25, -0.2) is 9.59 Å². The van der Waals surface area contributed by atoms with E-state index in [1.807, 2.05) is 0 Å². The second-order valence-corrected chi connectivity index (χ2v) is 11.7. The summed E-state index contributed by atoms with van der Waals surface area (Å²) in [5.41, 5.74) is 0.0221. The standard InChI is InChI=1S/C29H33F3N2O6/c1-8-39-22-11-16-13-34(24(33)17(16)12-18(22)25(36)37)14-21(35)15-9-19(27(2,3)4)23(20(10-15)28(5,6)7)40-26(38)29(30,31)32/h9-12,33H,8,13-14H2,1-7H3,(H,36,37). The van der Waals surface area contributed by atoms with E-state index in [0.29, 0.717) is 11.1 Å². The molecule has 0 unspecified atom stereocenters. The molecule has 0 atom stereocenters. The van der Waals surface area contributed by atoms with Gasteiger partial charge in [-0.2, -0.15) is 13.2 Å². The molecule has 3 rings (SSSR count). The summed E-state index contributed by atoms with van der Waals surface area (Å²) in [6.45, 7) is 12.3. The normalized spacial score (nSPS) is 13.8. The summed E-state index contributed by atoms with van der Waals surface area (Å²) in [5, 5.41) is 18.1. The zero-order valence-corrected chi connectivity index (χ0v) is 23.5.